The van der Waals surface area contributed by atoms with Gasteiger partial charge in [-0.2, -0.15) is 0 Å². The molecule has 2 aromatic rings. The second-order valence-electron chi connectivity index (χ2n) is 6.64. The van der Waals surface area contributed by atoms with Gasteiger partial charge in [-0.1, -0.05) is 36.4 Å². The molecule has 0 saturated carbocycles. The Kier molecular flexibility index (Phi) is 9.24. The topological polar surface area (TPSA) is 66.0 Å². The molecule has 1 aliphatic heterocycles. The molecule has 0 aromatic heterocycles. The number of guanidine groups is 1. The van der Waals surface area contributed by atoms with E-state index in [-0.39, 0.29) is 36.4 Å². The molecule has 1 heterocycles. The number of benzene rings is 2. The van der Waals surface area contributed by atoms with Gasteiger partial charge in [0.15, 0.2) is 5.96 Å². The number of ether oxygens (including phenoxy) is 1. The van der Waals surface area contributed by atoms with Crippen LogP contribution >= 0.6 is 24.0 Å². The highest BCUT2D eigenvalue weighted by atomic mass is 127. The Morgan fingerprint density at radius 3 is 2.69 bits per heavy atom. The molecule has 0 unspecified atom stereocenters. The van der Waals surface area contributed by atoms with Crippen LogP contribution in [0.1, 0.15) is 24.5 Å². The second-order valence-corrected chi connectivity index (χ2v) is 6.64. The summed E-state index contributed by atoms with van der Waals surface area (Å²) in [6.07, 6.45) is 2.01. The lowest BCUT2D eigenvalue weighted by molar-refractivity contribution is -0.117. The Morgan fingerprint density at radius 1 is 1.14 bits per heavy atom. The maximum Gasteiger partial charge on any atom is 0.246 e. The third-order valence-corrected chi connectivity index (χ3v) is 4.76. The van der Waals surface area contributed by atoms with Crippen LogP contribution in [0.5, 0.6) is 5.75 Å². The summed E-state index contributed by atoms with van der Waals surface area (Å²) in [5.41, 5.74) is 3.26. The molecule has 3 rings (SSSR count). The fourth-order valence-electron chi connectivity index (χ4n) is 3.39. The van der Waals surface area contributed by atoms with Crippen molar-refractivity contribution in [2.24, 2.45) is 4.99 Å². The molecule has 29 heavy (non-hydrogen) atoms. The zero-order chi connectivity index (χ0) is 19.8. The number of para-hydroxylation sites is 2. The number of nitrogens with one attached hydrogen (secondary N) is 2. The summed E-state index contributed by atoms with van der Waals surface area (Å²) in [5.74, 6) is 1.48. The first-order chi connectivity index (χ1) is 13.7. The van der Waals surface area contributed by atoms with Crippen molar-refractivity contribution in [2.75, 3.05) is 31.6 Å². The van der Waals surface area contributed by atoms with E-state index in [4.69, 9.17) is 4.74 Å². The molecule has 0 fully saturated rings. The normalized spacial score (nSPS) is 13.2. The molecule has 0 atom stereocenters. The van der Waals surface area contributed by atoms with Crippen LogP contribution in [-0.4, -0.2) is 38.6 Å². The number of hydrogen-bond acceptors (Lipinski definition) is 3. The van der Waals surface area contributed by atoms with Gasteiger partial charge in [0.25, 0.3) is 0 Å². The number of carbonyl (C=O) groups excluding carboxylic acids is 1. The average molecular weight is 508 g/mol. The molecule has 0 spiro atoms. The Balaban J connectivity index is 0.00000300. The van der Waals surface area contributed by atoms with Crippen molar-refractivity contribution in [1.29, 1.82) is 0 Å². The van der Waals surface area contributed by atoms with Crippen LogP contribution in [0.2, 0.25) is 0 Å². The maximum absolute atomic E-state index is 12.8. The van der Waals surface area contributed by atoms with E-state index in [1.807, 2.05) is 54.3 Å². The number of aliphatic imine (C=N–C) groups is 1. The number of amides is 1. The first kappa shape index (κ1) is 23.0. The van der Waals surface area contributed by atoms with E-state index >= 15 is 0 Å². The van der Waals surface area contributed by atoms with Gasteiger partial charge in [0.05, 0.1) is 20.2 Å². The van der Waals surface area contributed by atoms with Gasteiger partial charge in [-0.15, -0.1) is 24.0 Å². The van der Waals surface area contributed by atoms with Crippen LogP contribution in [0.4, 0.5) is 5.69 Å². The predicted octanol–water partition coefficient (Wildman–Crippen LogP) is 3.35. The van der Waals surface area contributed by atoms with Crippen molar-refractivity contribution in [3.05, 3.63) is 59.7 Å². The van der Waals surface area contributed by atoms with Crippen molar-refractivity contribution in [3.63, 3.8) is 0 Å². The van der Waals surface area contributed by atoms with Gasteiger partial charge in [-0.3, -0.25) is 4.79 Å². The number of carbonyl (C=O) groups is 1. The predicted molar refractivity (Wildman–Crippen MR) is 128 cm³/mol. The van der Waals surface area contributed by atoms with Crippen LogP contribution < -0.4 is 20.3 Å². The maximum atomic E-state index is 12.8. The lowest BCUT2D eigenvalue weighted by Gasteiger charge is -2.29. The number of methoxy groups -OCH3 is 1. The number of halogens is 1. The Hall–Kier alpha value is -2.29. The van der Waals surface area contributed by atoms with Crippen LogP contribution in [0, 0.1) is 0 Å². The van der Waals surface area contributed by atoms with Gasteiger partial charge >= 0.3 is 0 Å². The van der Waals surface area contributed by atoms with E-state index < -0.39 is 0 Å². The van der Waals surface area contributed by atoms with Crippen molar-refractivity contribution in [3.8, 4) is 5.75 Å². The lowest BCUT2D eigenvalue weighted by atomic mass is 10.0. The van der Waals surface area contributed by atoms with Crippen molar-refractivity contribution >= 4 is 41.5 Å². The zero-order valence-electron chi connectivity index (χ0n) is 17.0. The molecular weight excluding hydrogens is 479 g/mol. The van der Waals surface area contributed by atoms with Crippen LogP contribution in [-0.2, 0) is 17.8 Å². The van der Waals surface area contributed by atoms with Gasteiger partial charge in [0.2, 0.25) is 5.91 Å². The van der Waals surface area contributed by atoms with Crippen molar-refractivity contribution in [1.82, 2.24) is 10.6 Å². The highest BCUT2D eigenvalue weighted by Gasteiger charge is 2.21. The third-order valence-electron chi connectivity index (χ3n) is 4.76. The minimum Gasteiger partial charge on any atom is -0.496 e. The summed E-state index contributed by atoms with van der Waals surface area (Å²) < 4.78 is 5.38. The minimum atomic E-state index is 0. The van der Waals surface area contributed by atoms with Crippen LogP contribution in [0.15, 0.2) is 53.5 Å². The molecule has 1 amide bonds. The number of hydrogen-bond donors (Lipinski definition) is 2. The monoisotopic (exact) mass is 508 g/mol. The summed E-state index contributed by atoms with van der Waals surface area (Å²) in [7, 11) is 1.65. The molecule has 0 radical (unpaired) electrons. The summed E-state index contributed by atoms with van der Waals surface area (Å²) in [5, 5.41) is 6.36. The zero-order valence-corrected chi connectivity index (χ0v) is 19.3. The fraction of sp³-hybridized carbons (Fsp3) is 0.364. The number of nitrogens with zero attached hydrogens (tertiary/aromatic N) is 2. The van der Waals surface area contributed by atoms with Crippen LogP contribution in [0.25, 0.3) is 0 Å². The second kappa shape index (κ2) is 11.6. The molecule has 7 heteroatoms. The largest absolute Gasteiger partial charge is 0.496 e. The van der Waals surface area contributed by atoms with E-state index in [0.29, 0.717) is 12.5 Å². The molecule has 2 aromatic carbocycles. The standard InChI is InChI=1S/C22H28N4O2.HI/c1-3-23-22(24-15-18-10-5-7-13-20(18)28-2)25-16-21(27)26-14-8-11-17-9-4-6-12-19(17)26;/h4-7,9-10,12-13H,3,8,11,14-16H2,1-2H3,(H2,23,24,25);1H. The quantitative estimate of drug-likeness (QED) is 0.357. The minimum absolute atomic E-state index is 0. The van der Waals surface area contributed by atoms with E-state index in [2.05, 4.69) is 21.7 Å². The molecule has 6 nitrogen and oxygen atoms in total. The van der Waals surface area contributed by atoms with Gasteiger partial charge in [0, 0.05) is 24.3 Å². The van der Waals surface area contributed by atoms with E-state index in [1.165, 1.54) is 5.56 Å². The Morgan fingerprint density at radius 2 is 1.90 bits per heavy atom. The van der Waals surface area contributed by atoms with Gasteiger partial charge in [-0.05, 0) is 37.5 Å². The van der Waals surface area contributed by atoms with Gasteiger partial charge in [-0.25, -0.2) is 4.99 Å². The summed E-state index contributed by atoms with van der Waals surface area (Å²) in [4.78, 5) is 19.3. The molecule has 0 saturated heterocycles. The number of aryl methyl sites for hydroxylation is 1. The SMILES string of the molecule is CCNC(=NCc1ccccc1OC)NCC(=O)N1CCCc2ccccc21.I. The molecular formula is C22H29IN4O2. The number of anilines is 1. The number of fused-ring (bicyclic) bond motifs is 1. The molecule has 156 valence electrons. The summed E-state index contributed by atoms with van der Waals surface area (Å²) in [6.45, 7) is 4.15. The van der Waals surface area contributed by atoms with Crippen LogP contribution in [0.3, 0.4) is 0 Å². The summed E-state index contributed by atoms with van der Waals surface area (Å²) >= 11 is 0. The van der Waals surface area contributed by atoms with E-state index in [1.54, 1.807) is 7.11 Å². The van der Waals surface area contributed by atoms with E-state index in [0.717, 1.165) is 42.9 Å². The molecule has 1 aliphatic rings. The lowest BCUT2D eigenvalue weighted by Crippen LogP contribution is -2.46. The molecule has 2 N–H and O–H groups in total. The van der Waals surface area contributed by atoms with Crippen molar-refractivity contribution < 1.29 is 9.53 Å². The average Bonchev–Trinajstić information content (AvgIpc) is 2.75. The first-order valence-corrected chi connectivity index (χ1v) is 9.75. The van der Waals surface area contributed by atoms with Gasteiger partial charge in [0.1, 0.15) is 5.75 Å². The van der Waals surface area contributed by atoms with E-state index in [9.17, 15) is 4.79 Å². The highest BCUT2D eigenvalue weighted by Crippen LogP contribution is 2.26. The summed E-state index contributed by atoms with van der Waals surface area (Å²) in [6, 6.07) is 15.9. The smallest absolute Gasteiger partial charge is 0.246 e. The third kappa shape index (κ3) is 6.09. The first-order valence-electron chi connectivity index (χ1n) is 9.75. The van der Waals surface area contributed by atoms with Gasteiger partial charge < -0.3 is 20.3 Å². The highest BCUT2D eigenvalue weighted by molar-refractivity contribution is 14.0. The molecule has 0 bridgehead atoms. The number of rotatable bonds is 6. The fourth-order valence-corrected chi connectivity index (χ4v) is 3.39. The van der Waals surface area contributed by atoms with Crippen molar-refractivity contribution in [2.45, 2.75) is 26.3 Å². The Labute approximate surface area is 189 Å². The molecule has 0 aliphatic carbocycles. The Bertz CT molecular complexity index is 841.